The van der Waals surface area contributed by atoms with Gasteiger partial charge >= 0.3 is 5.97 Å². The Balaban J connectivity index is 2.00. The molecule has 0 fully saturated rings. The van der Waals surface area contributed by atoms with Crippen molar-refractivity contribution in [1.29, 1.82) is 0 Å². The first-order valence-corrected chi connectivity index (χ1v) is 7.03. The molecule has 1 aromatic heterocycles. The molecule has 0 bridgehead atoms. The average Bonchev–Trinajstić information content (AvgIpc) is 2.79. The van der Waals surface area contributed by atoms with Crippen LogP contribution in [0.3, 0.4) is 0 Å². The summed E-state index contributed by atoms with van der Waals surface area (Å²) >= 11 is 0. The van der Waals surface area contributed by atoms with Gasteiger partial charge in [0.05, 0.1) is 17.0 Å². The van der Waals surface area contributed by atoms with Crippen LogP contribution in [0.15, 0.2) is 30.3 Å². The van der Waals surface area contributed by atoms with E-state index in [9.17, 15) is 4.79 Å². The van der Waals surface area contributed by atoms with Crippen LogP contribution >= 0.6 is 0 Å². The minimum Gasteiger partial charge on any atom is -0.478 e. The van der Waals surface area contributed by atoms with Crippen molar-refractivity contribution in [1.82, 2.24) is 14.7 Å². The second kappa shape index (κ2) is 6.54. The highest BCUT2D eigenvalue weighted by atomic mass is 16.4. The molecule has 0 saturated carbocycles. The highest BCUT2D eigenvalue weighted by Crippen LogP contribution is 2.11. The number of aryl methyl sites for hydroxylation is 2. The third kappa shape index (κ3) is 3.92. The van der Waals surface area contributed by atoms with Crippen molar-refractivity contribution < 1.29 is 9.90 Å². The number of carboxylic acid groups (broad SMARTS) is 1. The maximum atomic E-state index is 10.8. The third-order valence-electron chi connectivity index (χ3n) is 3.37. The highest BCUT2D eigenvalue weighted by molar-refractivity contribution is 5.87. The van der Waals surface area contributed by atoms with E-state index in [1.165, 1.54) is 5.69 Å². The molecule has 2 rings (SSSR count). The number of aromatic carboxylic acids is 1. The van der Waals surface area contributed by atoms with Gasteiger partial charge in [0.15, 0.2) is 0 Å². The Kier molecular flexibility index (Phi) is 4.75. The fourth-order valence-corrected chi connectivity index (χ4v) is 2.40. The van der Waals surface area contributed by atoms with E-state index in [-0.39, 0.29) is 0 Å². The van der Waals surface area contributed by atoms with Crippen molar-refractivity contribution in [2.75, 3.05) is 7.05 Å². The van der Waals surface area contributed by atoms with Gasteiger partial charge in [0.25, 0.3) is 0 Å². The minimum absolute atomic E-state index is 0.320. The summed E-state index contributed by atoms with van der Waals surface area (Å²) in [4.78, 5) is 13.0. The van der Waals surface area contributed by atoms with Crippen LogP contribution in [-0.2, 0) is 19.6 Å². The largest absolute Gasteiger partial charge is 0.478 e. The zero-order valence-electron chi connectivity index (χ0n) is 12.7. The zero-order chi connectivity index (χ0) is 15.4. The number of aromatic nitrogens is 2. The number of carbonyl (C=O) groups is 1. The molecule has 0 saturated heterocycles. The molecule has 0 aliphatic rings. The van der Waals surface area contributed by atoms with Gasteiger partial charge in [0, 0.05) is 19.6 Å². The topological polar surface area (TPSA) is 58.4 Å². The predicted molar refractivity (Wildman–Crippen MR) is 81.2 cm³/mol. The van der Waals surface area contributed by atoms with E-state index in [2.05, 4.69) is 23.0 Å². The molecular formula is C16H21N3O2. The molecule has 2 aromatic rings. The van der Waals surface area contributed by atoms with Gasteiger partial charge in [-0.2, -0.15) is 5.10 Å². The molecule has 1 heterocycles. The number of hydrogen-bond donors (Lipinski definition) is 1. The Labute approximate surface area is 124 Å². The van der Waals surface area contributed by atoms with Gasteiger partial charge in [-0.25, -0.2) is 4.79 Å². The summed E-state index contributed by atoms with van der Waals surface area (Å²) in [6, 6.07) is 9.12. The Morgan fingerprint density at radius 3 is 2.52 bits per heavy atom. The summed E-state index contributed by atoms with van der Waals surface area (Å²) in [5.41, 5.74) is 3.65. The fraction of sp³-hybridized carbons (Fsp3) is 0.375. The van der Waals surface area contributed by atoms with Gasteiger partial charge in [-0.15, -0.1) is 0 Å². The van der Waals surface area contributed by atoms with Crippen molar-refractivity contribution in [3.63, 3.8) is 0 Å². The van der Waals surface area contributed by atoms with Gasteiger partial charge in [-0.05, 0) is 44.7 Å². The lowest BCUT2D eigenvalue weighted by molar-refractivity contribution is 0.0697. The van der Waals surface area contributed by atoms with Crippen LogP contribution in [0.1, 0.15) is 34.2 Å². The van der Waals surface area contributed by atoms with Crippen LogP contribution in [-0.4, -0.2) is 32.8 Å². The lowest BCUT2D eigenvalue weighted by Crippen LogP contribution is -2.19. The smallest absolute Gasteiger partial charge is 0.335 e. The number of nitrogens with zero attached hydrogens (tertiary/aromatic N) is 3. The second-order valence-electron chi connectivity index (χ2n) is 5.27. The third-order valence-corrected chi connectivity index (χ3v) is 3.37. The van der Waals surface area contributed by atoms with Crippen LogP contribution in [0.5, 0.6) is 0 Å². The summed E-state index contributed by atoms with van der Waals surface area (Å²) < 4.78 is 2.01. The molecule has 5 heteroatoms. The van der Waals surface area contributed by atoms with Crippen LogP contribution in [0.4, 0.5) is 0 Å². The van der Waals surface area contributed by atoms with Crippen molar-refractivity contribution in [2.45, 2.75) is 33.5 Å². The number of benzene rings is 1. The van der Waals surface area contributed by atoms with Gasteiger partial charge in [-0.1, -0.05) is 12.1 Å². The summed E-state index contributed by atoms with van der Waals surface area (Å²) in [6.45, 7) is 6.54. The lowest BCUT2D eigenvalue weighted by Gasteiger charge is -2.17. The summed E-state index contributed by atoms with van der Waals surface area (Å²) in [5.74, 6) is -0.891. The summed E-state index contributed by atoms with van der Waals surface area (Å²) in [6.07, 6.45) is 0. The average molecular weight is 287 g/mol. The fourth-order valence-electron chi connectivity index (χ4n) is 2.40. The first-order chi connectivity index (χ1) is 9.99. The molecule has 0 amide bonds. The lowest BCUT2D eigenvalue weighted by atomic mass is 10.1. The first kappa shape index (κ1) is 15.3. The maximum absolute atomic E-state index is 10.8. The number of rotatable bonds is 6. The molecule has 1 aromatic carbocycles. The molecule has 1 N–H and O–H groups in total. The molecule has 21 heavy (non-hydrogen) atoms. The van der Waals surface area contributed by atoms with Crippen molar-refractivity contribution in [3.8, 4) is 0 Å². The zero-order valence-corrected chi connectivity index (χ0v) is 12.7. The Morgan fingerprint density at radius 1 is 1.29 bits per heavy atom. The van der Waals surface area contributed by atoms with E-state index in [0.717, 1.165) is 30.9 Å². The number of hydrogen-bond acceptors (Lipinski definition) is 3. The molecule has 5 nitrogen and oxygen atoms in total. The normalized spacial score (nSPS) is 11.0. The van der Waals surface area contributed by atoms with Crippen molar-refractivity contribution in [3.05, 3.63) is 52.8 Å². The van der Waals surface area contributed by atoms with E-state index in [1.54, 1.807) is 12.1 Å². The van der Waals surface area contributed by atoms with Crippen LogP contribution < -0.4 is 0 Å². The van der Waals surface area contributed by atoms with E-state index < -0.39 is 5.97 Å². The van der Waals surface area contributed by atoms with Gasteiger partial charge in [0.1, 0.15) is 0 Å². The quantitative estimate of drug-likeness (QED) is 0.887. The molecule has 112 valence electrons. The summed E-state index contributed by atoms with van der Waals surface area (Å²) in [7, 11) is 2.05. The molecule has 0 spiro atoms. The Bertz CT molecular complexity index is 617. The minimum atomic E-state index is -0.891. The van der Waals surface area contributed by atoms with Crippen molar-refractivity contribution >= 4 is 5.97 Å². The monoisotopic (exact) mass is 287 g/mol. The molecule has 0 aliphatic carbocycles. The van der Waals surface area contributed by atoms with Crippen molar-refractivity contribution in [2.24, 2.45) is 0 Å². The van der Waals surface area contributed by atoms with Crippen LogP contribution in [0, 0.1) is 6.92 Å². The Morgan fingerprint density at radius 2 is 1.95 bits per heavy atom. The predicted octanol–water partition coefficient (Wildman–Crippen LogP) is 2.54. The summed E-state index contributed by atoms with van der Waals surface area (Å²) in [5, 5.41) is 13.3. The number of carboxylic acids is 1. The van der Waals surface area contributed by atoms with E-state index in [4.69, 9.17) is 5.11 Å². The highest BCUT2D eigenvalue weighted by Gasteiger charge is 2.08. The van der Waals surface area contributed by atoms with Gasteiger partial charge < -0.3 is 5.11 Å². The second-order valence-corrected chi connectivity index (χ2v) is 5.27. The standard InChI is InChI=1S/C16H21N3O2/c1-4-19-15(9-12(2)17-19)11-18(3)10-13-5-7-14(8-6-13)16(20)21/h5-9H,4,10-11H2,1-3H3,(H,20,21). The molecule has 0 atom stereocenters. The van der Waals surface area contributed by atoms with E-state index in [0.29, 0.717) is 5.56 Å². The molecule has 0 radical (unpaired) electrons. The van der Waals surface area contributed by atoms with E-state index in [1.807, 2.05) is 30.8 Å². The van der Waals surface area contributed by atoms with Gasteiger partial charge in [0.2, 0.25) is 0 Å². The van der Waals surface area contributed by atoms with Crippen LogP contribution in [0.25, 0.3) is 0 Å². The maximum Gasteiger partial charge on any atom is 0.335 e. The first-order valence-electron chi connectivity index (χ1n) is 7.03. The SMILES string of the molecule is CCn1nc(C)cc1CN(C)Cc1ccc(C(=O)O)cc1. The molecule has 0 unspecified atom stereocenters. The molecular weight excluding hydrogens is 266 g/mol. The van der Waals surface area contributed by atoms with E-state index >= 15 is 0 Å². The molecule has 0 aliphatic heterocycles. The van der Waals surface area contributed by atoms with Gasteiger partial charge in [-0.3, -0.25) is 9.58 Å². The van der Waals surface area contributed by atoms with Crippen LogP contribution in [0.2, 0.25) is 0 Å². The Hall–Kier alpha value is -2.14.